The molecule has 0 aliphatic rings. The summed E-state index contributed by atoms with van der Waals surface area (Å²) < 4.78 is 10.2. The van der Waals surface area contributed by atoms with Crippen LogP contribution >= 0.6 is 11.6 Å². The molecule has 0 heterocycles. The number of rotatable bonds is 8. The van der Waals surface area contributed by atoms with Crippen molar-refractivity contribution in [3.05, 3.63) is 59.1 Å². The van der Waals surface area contributed by atoms with Gasteiger partial charge in [-0.2, -0.15) is 0 Å². The Labute approximate surface area is 161 Å². The van der Waals surface area contributed by atoms with Crippen molar-refractivity contribution in [3.8, 4) is 5.75 Å². The summed E-state index contributed by atoms with van der Waals surface area (Å²) in [6, 6.07) is 13.2. The van der Waals surface area contributed by atoms with Crippen molar-refractivity contribution in [2.24, 2.45) is 5.73 Å². The van der Waals surface area contributed by atoms with Crippen LogP contribution in [0.3, 0.4) is 0 Å². The second kappa shape index (κ2) is 9.59. The van der Waals surface area contributed by atoms with E-state index >= 15 is 0 Å². The van der Waals surface area contributed by atoms with E-state index in [-0.39, 0.29) is 24.3 Å². The molecule has 0 spiro atoms. The number of halogens is 1. The molecule has 2 N–H and O–H groups in total. The van der Waals surface area contributed by atoms with Crippen LogP contribution in [0, 0.1) is 0 Å². The number of methoxy groups -OCH3 is 1. The number of carbonyl (C=O) groups excluding carboxylic acids is 3. The minimum Gasteiger partial charge on any atom is -0.496 e. The molecular formula is C19H19ClN2O5. The number of hydrogen-bond acceptors (Lipinski definition) is 5. The quantitative estimate of drug-likeness (QED) is 0.698. The highest BCUT2D eigenvalue weighted by Crippen LogP contribution is 2.23. The lowest BCUT2D eigenvalue weighted by molar-refractivity contribution is -0.121. The number of ether oxygens (including phenoxy) is 2. The van der Waals surface area contributed by atoms with Gasteiger partial charge in [-0.15, -0.1) is 0 Å². The molecule has 2 aromatic carbocycles. The summed E-state index contributed by atoms with van der Waals surface area (Å²) in [5, 5.41) is 0.335. The van der Waals surface area contributed by atoms with Crippen LogP contribution in [0.25, 0.3) is 0 Å². The Bertz CT molecular complexity index is 826. The third-order valence-electron chi connectivity index (χ3n) is 3.66. The van der Waals surface area contributed by atoms with Gasteiger partial charge in [0.1, 0.15) is 11.3 Å². The standard InChI is InChI=1S/C19H19ClN2O5/c1-26-16-8-7-13(20)11-15(16)19(25)27-12-18(24)22(10-9-17(21)23)14-5-3-2-4-6-14/h2-8,11H,9-10,12H2,1H3,(H2,21,23). The number of carbonyl (C=O) groups is 3. The number of nitrogens with zero attached hydrogens (tertiary/aromatic N) is 1. The molecule has 0 aliphatic heterocycles. The van der Waals surface area contributed by atoms with Gasteiger partial charge in [-0.1, -0.05) is 29.8 Å². The van der Waals surface area contributed by atoms with Crippen molar-refractivity contribution in [2.75, 3.05) is 25.2 Å². The van der Waals surface area contributed by atoms with Crippen LogP contribution in [0.15, 0.2) is 48.5 Å². The van der Waals surface area contributed by atoms with Gasteiger partial charge in [-0.25, -0.2) is 4.79 Å². The van der Waals surface area contributed by atoms with Crippen molar-refractivity contribution < 1.29 is 23.9 Å². The molecule has 2 rings (SSSR count). The number of hydrogen-bond donors (Lipinski definition) is 1. The zero-order valence-electron chi connectivity index (χ0n) is 14.7. The smallest absolute Gasteiger partial charge is 0.342 e. The van der Waals surface area contributed by atoms with Crippen molar-refractivity contribution in [3.63, 3.8) is 0 Å². The molecule has 27 heavy (non-hydrogen) atoms. The molecule has 8 heteroatoms. The summed E-state index contributed by atoms with van der Waals surface area (Å²) in [6.45, 7) is -0.432. The van der Waals surface area contributed by atoms with Gasteiger partial charge in [-0.05, 0) is 30.3 Å². The SMILES string of the molecule is COc1ccc(Cl)cc1C(=O)OCC(=O)N(CCC(N)=O)c1ccccc1. The predicted molar refractivity (Wildman–Crippen MR) is 101 cm³/mol. The highest BCUT2D eigenvalue weighted by Gasteiger charge is 2.20. The normalized spacial score (nSPS) is 10.1. The minimum absolute atomic E-state index is 0.0172. The molecule has 0 fully saturated rings. The number of esters is 1. The van der Waals surface area contributed by atoms with E-state index in [0.29, 0.717) is 10.7 Å². The van der Waals surface area contributed by atoms with Crippen LogP contribution < -0.4 is 15.4 Å². The fourth-order valence-electron chi connectivity index (χ4n) is 2.35. The molecule has 0 atom stereocenters. The second-order valence-corrected chi connectivity index (χ2v) is 5.95. The molecule has 7 nitrogen and oxygen atoms in total. The first-order valence-electron chi connectivity index (χ1n) is 8.06. The van der Waals surface area contributed by atoms with Crippen LogP contribution in [-0.2, 0) is 14.3 Å². The summed E-state index contributed by atoms with van der Waals surface area (Å²) >= 11 is 5.90. The Morgan fingerprint density at radius 3 is 2.44 bits per heavy atom. The first-order chi connectivity index (χ1) is 12.9. The van der Waals surface area contributed by atoms with Crippen LogP contribution in [0.4, 0.5) is 5.69 Å². The second-order valence-electron chi connectivity index (χ2n) is 5.52. The van der Waals surface area contributed by atoms with Crippen LogP contribution in [0.1, 0.15) is 16.8 Å². The molecule has 0 radical (unpaired) electrons. The van der Waals surface area contributed by atoms with Gasteiger partial charge in [0, 0.05) is 23.7 Å². The largest absolute Gasteiger partial charge is 0.496 e. The zero-order valence-corrected chi connectivity index (χ0v) is 15.4. The summed E-state index contributed by atoms with van der Waals surface area (Å²) in [5.74, 6) is -1.49. The van der Waals surface area contributed by atoms with E-state index in [9.17, 15) is 14.4 Å². The van der Waals surface area contributed by atoms with Crippen LogP contribution in [-0.4, -0.2) is 38.0 Å². The first kappa shape index (κ1) is 20.3. The predicted octanol–water partition coefficient (Wildman–Crippen LogP) is 2.41. The summed E-state index contributed by atoms with van der Waals surface area (Å²) in [7, 11) is 1.41. The first-order valence-corrected chi connectivity index (χ1v) is 8.44. The van der Waals surface area contributed by atoms with E-state index in [1.807, 2.05) is 0 Å². The highest BCUT2D eigenvalue weighted by molar-refractivity contribution is 6.31. The van der Waals surface area contributed by atoms with Gasteiger partial charge in [0.15, 0.2) is 6.61 Å². The maximum Gasteiger partial charge on any atom is 0.342 e. The number of para-hydroxylation sites is 1. The maximum atomic E-state index is 12.6. The number of primary amides is 1. The van der Waals surface area contributed by atoms with Crippen molar-refractivity contribution in [1.82, 2.24) is 0 Å². The number of benzene rings is 2. The lowest BCUT2D eigenvalue weighted by Crippen LogP contribution is -2.37. The molecule has 0 aromatic heterocycles. The Hall–Kier alpha value is -3.06. The Morgan fingerprint density at radius 1 is 1.11 bits per heavy atom. The molecule has 0 bridgehead atoms. The van der Waals surface area contributed by atoms with Gasteiger partial charge >= 0.3 is 5.97 Å². The number of anilines is 1. The summed E-state index contributed by atoms with van der Waals surface area (Å²) in [6.07, 6.45) is -0.0172. The van der Waals surface area contributed by atoms with Crippen molar-refractivity contribution in [2.45, 2.75) is 6.42 Å². The Morgan fingerprint density at radius 2 is 1.81 bits per heavy atom. The lowest BCUT2D eigenvalue weighted by Gasteiger charge is -2.22. The zero-order chi connectivity index (χ0) is 19.8. The van der Waals surface area contributed by atoms with Crippen LogP contribution in [0.2, 0.25) is 5.02 Å². The number of nitrogens with two attached hydrogens (primary N) is 1. The van der Waals surface area contributed by atoms with Gasteiger partial charge in [0.2, 0.25) is 5.91 Å². The molecule has 0 saturated carbocycles. The number of amides is 2. The summed E-state index contributed by atoms with van der Waals surface area (Å²) in [5.41, 5.74) is 5.86. The van der Waals surface area contributed by atoms with E-state index in [1.165, 1.54) is 24.1 Å². The maximum absolute atomic E-state index is 12.6. The monoisotopic (exact) mass is 390 g/mol. The van der Waals surface area contributed by atoms with E-state index in [4.69, 9.17) is 26.8 Å². The van der Waals surface area contributed by atoms with Crippen molar-refractivity contribution in [1.29, 1.82) is 0 Å². The molecule has 0 saturated heterocycles. The van der Waals surface area contributed by atoms with Crippen molar-refractivity contribution >= 4 is 35.1 Å². The third-order valence-corrected chi connectivity index (χ3v) is 3.89. The van der Waals surface area contributed by atoms with E-state index < -0.39 is 24.4 Å². The van der Waals surface area contributed by atoms with Crippen LogP contribution in [0.5, 0.6) is 5.75 Å². The average molecular weight is 391 g/mol. The van der Waals surface area contributed by atoms with E-state index in [1.54, 1.807) is 36.4 Å². The molecule has 142 valence electrons. The molecule has 0 aliphatic carbocycles. The van der Waals surface area contributed by atoms with E-state index in [2.05, 4.69) is 0 Å². The molecule has 2 amide bonds. The topological polar surface area (TPSA) is 98.9 Å². The van der Waals surface area contributed by atoms with E-state index in [0.717, 1.165) is 0 Å². The molecule has 0 unspecified atom stereocenters. The fourth-order valence-corrected chi connectivity index (χ4v) is 2.52. The minimum atomic E-state index is -0.745. The van der Waals surface area contributed by atoms with Gasteiger partial charge < -0.3 is 20.1 Å². The van der Waals surface area contributed by atoms with Gasteiger partial charge in [-0.3, -0.25) is 9.59 Å². The van der Waals surface area contributed by atoms with Gasteiger partial charge in [0.25, 0.3) is 5.91 Å². The Balaban J connectivity index is 2.10. The molecule has 2 aromatic rings. The summed E-state index contributed by atoms with van der Waals surface area (Å²) in [4.78, 5) is 37.3. The third kappa shape index (κ3) is 5.72. The highest BCUT2D eigenvalue weighted by atomic mass is 35.5. The Kier molecular flexibility index (Phi) is 7.19. The average Bonchev–Trinajstić information content (AvgIpc) is 2.66. The lowest BCUT2D eigenvalue weighted by atomic mass is 10.2. The fraction of sp³-hybridized carbons (Fsp3) is 0.211. The molecular weight excluding hydrogens is 372 g/mol. The van der Waals surface area contributed by atoms with Gasteiger partial charge in [0.05, 0.1) is 7.11 Å².